The summed E-state index contributed by atoms with van der Waals surface area (Å²) in [5.74, 6) is -0.0292. The molecule has 3 N–H and O–H groups in total. The summed E-state index contributed by atoms with van der Waals surface area (Å²) in [5, 5.41) is 22.8. The van der Waals surface area contributed by atoms with Crippen LogP contribution in [0.25, 0.3) is 0 Å². The van der Waals surface area contributed by atoms with E-state index in [-0.39, 0.29) is 51.5 Å². The van der Waals surface area contributed by atoms with Gasteiger partial charge in [-0.05, 0) is 62.3 Å². The molecule has 1 atom stereocenters. The van der Waals surface area contributed by atoms with E-state index < -0.39 is 0 Å². The van der Waals surface area contributed by atoms with Gasteiger partial charge in [0.05, 0.1) is 0 Å². The van der Waals surface area contributed by atoms with Crippen LogP contribution in [0.4, 0.5) is 0 Å². The van der Waals surface area contributed by atoms with Crippen LogP contribution < -0.4 is 5.32 Å². The number of aromatic hydroxyl groups is 2. The predicted octanol–water partition coefficient (Wildman–Crippen LogP) is 3.17. The summed E-state index contributed by atoms with van der Waals surface area (Å²) < 4.78 is 0. The van der Waals surface area contributed by atoms with Crippen LogP contribution in [0, 0.1) is 0 Å². The summed E-state index contributed by atoms with van der Waals surface area (Å²) in [5.41, 5.74) is 2.28. The molecule has 1 heterocycles. The molecule has 4 nitrogen and oxygen atoms in total. The second-order valence-corrected chi connectivity index (χ2v) is 5.11. The maximum absolute atomic E-state index is 9.67. The average molecular weight is 426 g/mol. The molecule has 1 aromatic rings. The molecule has 21 heavy (non-hydrogen) atoms. The van der Waals surface area contributed by atoms with Crippen LogP contribution in [-0.2, 0) is 6.42 Å². The molecule has 1 unspecified atom stereocenters. The monoisotopic (exact) mass is 424 g/mol. The van der Waals surface area contributed by atoms with Gasteiger partial charge in [0, 0.05) is 6.04 Å². The van der Waals surface area contributed by atoms with Crippen LogP contribution >= 0.6 is 34.0 Å². The molecule has 0 amide bonds. The number of nitrogens with zero attached hydrogens (tertiary/aromatic N) is 1. The molecule has 0 saturated heterocycles. The zero-order valence-electron chi connectivity index (χ0n) is 12.6. The number of benzene rings is 1. The number of phenols is 2. The van der Waals surface area contributed by atoms with E-state index in [0.29, 0.717) is 0 Å². The quantitative estimate of drug-likeness (QED) is 0.634. The molecule has 0 aromatic heterocycles. The van der Waals surface area contributed by atoms with E-state index >= 15 is 0 Å². The van der Waals surface area contributed by atoms with Crippen molar-refractivity contribution in [3.8, 4) is 11.5 Å². The molecule has 1 aromatic carbocycles. The minimum atomic E-state index is -0.0183. The highest BCUT2D eigenvalue weighted by Gasteiger charge is 2.21. The zero-order valence-corrected chi connectivity index (χ0v) is 16.1. The Labute approximate surface area is 148 Å². The van der Waals surface area contributed by atoms with Crippen LogP contribution in [0.2, 0.25) is 0 Å². The molecule has 0 radical (unpaired) electrons. The maximum atomic E-state index is 9.67. The molecule has 0 fully saturated rings. The van der Waals surface area contributed by atoms with E-state index in [1.807, 2.05) is 0 Å². The SMILES string of the molecule is Br.Br.CCN(CC)CCC1NCCc2cc(O)c(O)cc21. The fourth-order valence-corrected chi connectivity index (χ4v) is 2.78. The van der Waals surface area contributed by atoms with E-state index in [1.165, 1.54) is 0 Å². The number of hydrogen-bond donors (Lipinski definition) is 3. The van der Waals surface area contributed by atoms with Crippen molar-refractivity contribution in [2.24, 2.45) is 0 Å². The van der Waals surface area contributed by atoms with Gasteiger partial charge in [-0.3, -0.25) is 0 Å². The van der Waals surface area contributed by atoms with E-state index in [9.17, 15) is 10.2 Å². The number of nitrogens with one attached hydrogen (secondary N) is 1. The van der Waals surface area contributed by atoms with Crippen LogP contribution in [0.5, 0.6) is 11.5 Å². The van der Waals surface area contributed by atoms with Crippen molar-refractivity contribution < 1.29 is 10.2 Å². The number of rotatable bonds is 5. The number of fused-ring (bicyclic) bond motifs is 1. The Hall–Kier alpha value is -0.300. The lowest BCUT2D eigenvalue weighted by Crippen LogP contribution is -2.33. The zero-order chi connectivity index (χ0) is 13.8. The Bertz CT molecular complexity index is 440. The fourth-order valence-electron chi connectivity index (χ4n) is 2.78. The largest absolute Gasteiger partial charge is 0.504 e. The number of phenolic OH excluding ortho intramolecular Hbond substituents is 2. The number of hydrogen-bond acceptors (Lipinski definition) is 4. The summed E-state index contributed by atoms with van der Waals surface area (Å²) >= 11 is 0. The van der Waals surface area contributed by atoms with Crippen molar-refractivity contribution in [2.45, 2.75) is 32.7 Å². The normalized spacial score (nSPS) is 16.8. The first-order chi connectivity index (χ1) is 9.15. The molecule has 0 bridgehead atoms. The van der Waals surface area contributed by atoms with Gasteiger partial charge in [0.1, 0.15) is 0 Å². The first kappa shape index (κ1) is 20.7. The smallest absolute Gasteiger partial charge is 0.157 e. The minimum Gasteiger partial charge on any atom is -0.504 e. The molecule has 0 aliphatic carbocycles. The summed E-state index contributed by atoms with van der Waals surface area (Å²) in [7, 11) is 0. The Kier molecular flexibility index (Phi) is 9.53. The lowest BCUT2D eigenvalue weighted by atomic mass is 9.91. The van der Waals surface area contributed by atoms with Crippen LogP contribution in [0.15, 0.2) is 12.1 Å². The Morgan fingerprint density at radius 2 is 1.76 bits per heavy atom. The topological polar surface area (TPSA) is 55.7 Å². The van der Waals surface area contributed by atoms with Crippen molar-refractivity contribution in [1.29, 1.82) is 0 Å². The molecule has 0 saturated carbocycles. The summed E-state index contributed by atoms with van der Waals surface area (Å²) in [6, 6.07) is 3.69. The summed E-state index contributed by atoms with van der Waals surface area (Å²) in [6.45, 7) is 8.46. The molecular weight excluding hydrogens is 400 g/mol. The van der Waals surface area contributed by atoms with E-state index in [2.05, 4.69) is 24.1 Å². The third-order valence-electron chi connectivity index (χ3n) is 4.03. The highest BCUT2D eigenvalue weighted by molar-refractivity contribution is 8.93. The van der Waals surface area contributed by atoms with Crippen molar-refractivity contribution in [3.63, 3.8) is 0 Å². The van der Waals surface area contributed by atoms with Crippen molar-refractivity contribution in [3.05, 3.63) is 23.3 Å². The second kappa shape index (κ2) is 9.66. The van der Waals surface area contributed by atoms with E-state index in [0.717, 1.165) is 50.1 Å². The van der Waals surface area contributed by atoms with Crippen molar-refractivity contribution >= 4 is 34.0 Å². The highest BCUT2D eigenvalue weighted by atomic mass is 79.9. The van der Waals surface area contributed by atoms with E-state index in [1.54, 1.807) is 12.1 Å². The van der Waals surface area contributed by atoms with Gasteiger partial charge in [-0.2, -0.15) is 0 Å². The molecule has 2 rings (SSSR count). The Balaban J connectivity index is 0.00000200. The van der Waals surface area contributed by atoms with Gasteiger partial charge in [-0.25, -0.2) is 0 Å². The highest BCUT2D eigenvalue weighted by Crippen LogP contribution is 2.34. The van der Waals surface area contributed by atoms with Crippen LogP contribution in [0.1, 0.15) is 37.4 Å². The van der Waals surface area contributed by atoms with Gasteiger partial charge in [-0.15, -0.1) is 34.0 Å². The summed E-state index contributed by atoms with van der Waals surface area (Å²) in [6.07, 6.45) is 1.93. The molecular formula is C15H26Br2N2O2. The van der Waals surface area contributed by atoms with Crippen molar-refractivity contribution in [1.82, 2.24) is 10.2 Å². The fraction of sp³-hybridized carbons (Fsp3) is 0.600. The Morgan fingerprint density at radius 1 is 1.14 bits per heavy atom. The second-order valence-electron chi connectivity index (χ2n) is 5.11. The minimum absolute atomic E-state index is 0. The molecule has 122 valence electrons. The van der Waals surface area contributed by atoms with E-state index in [4.69, 9.17) is 0 Å². The maximum Gasteiger partial charge on any atom is 0.157 e. The summed E-state index contributed by atoms with van der Waals surface area (Å²) in [4.78, 5) is 2.40. The average Bonchev–Trinajstić information content (AvgIpc) is 2.41. The molecule has 1 aliphatic heterocycles. The van der Waals surface area contributed by atoms with Gasteiger partial charge in [0.15, 0.2) is 11.5 Å². The van der Waals surface area contributed by atoms with Crippen LogP contribution in [-0.4, -0.2) is 41.3 Å². The van der Waals surface area contributed by atoms with Crippen LogP contribution in [0.3, 0.4) is 0 Å². The lowest BCUT2D eigenvalue weighted by Gasteiger charge is -2.29. The number of halogens is 2. The molecule has 0 spiro atoms. The van der Waals surface area contributed by atoms with Gasteiger partial charge < -0.3 is 20.4 Å². The molecule has 6 heteroatoms. The first-order valence-corrected chi connectivity index (χ1v) is 7.16. The van der Waals surface area contributed by atoms with Crippen molar-refractivity contribution in [2.75, 3.05) is 26.2 Å². The van der Waals surface area contributed by atoms with Gasteiger partial charge in [-0.1, -0.05) is 13.8 Å². The Morgan fingerprint density at radius 3 is 2.38 bits per heavy atom. The van der Waals surface area contributed by atoms with Gasteiger partial charge in [0.2, 0.25) is 0 Å². The molecule has 1 aliphatic rings. The third kappa shape index (κ3) is 5.13. The first-order valence-electron chi connectivity index (χ1n) is 7.16. The lowest BCUT2D eigenvalue weighted by molar-refractivity contribution is 0.279. The van der Waals surface area contributed by atoms with Gasteiger partial charge >= 0.3 is 0 Å². The third-order valence-corrected chi connectivity index (χ3v) is 4.03. The van der Waals surface area contributed by atoms with Gasteiger partial charge in [0.25, 0.3) is 0 Å². The predicted molar refractivity (Wildman–Crippen MR) is 97.3 cm³/mol. The standard InChI is InChI=1S/C15H24N2O2.2BrH/c1-3-17(4-2)8-6-13-12-10-15(19)14(18)9-11(12)5-7-16-13;;/h9-10,13,16,18-19H,3-8H2,1-2H3;2*1H.